The molecule has 15 heavy (non-hydrogen) atoms. The SMILES string of the molecule is CC(C)Cn1nccc1CCC(C)(C)N. The lowest BCUT2D eigenvalue weighted by Gasteiger charge is -2.18. The molecule has 0 aromatic carbocycles. The van der Waals surface area contributed by atoms with Crippen LogP contribution in [0.25, 0.3) is 0 Å². The zero-order valence-electron chi connectivity index (χ0n) is 10.3. The monoisotopic (exact) mass is 209 g/mol. The minimum atomic E-state index is -0.0903. The molecular weight excluding hydrogens is 186 g/mol. The normalized spacial score (nSPS) is 12.4. The summed E-state index contributed by atoms with van der Waals surface area (Å²) >= 11 is 0. The molecule has 0 bridgehead atoms. The van der Waals surface area contributed by atoms with Crippen LogP contribution in [-0.2, 0) is 13.0 Å². The summed E-state index contributed by atoms with van der Waals surface area (Å²) in [6.07, 6.45) is 3.88. The zero-order valence-corrected chi connectivity index (χ0v) is 10.3. The van der Waals surface area contributed by atoms with Crippen LogP contribution in [0.3, 0.4) is 0 Å². The molecule has 3 heteroatoms. The van der Waals surface area contributed by atoms with E-state index in [4.69, 9.17) is 5.73 Å². The number of aromatic nitrogens is 2. The summed E-state index contributed by atoms with van der Waals surface area (Å²) in [7, 11) is 0. The van der Waals surface area contributed by atoms with Crippen molar-refractivity contribution in [1.82, 2.24) is 9.78 Å². The number of nitrogens with two attached hydrogens (primary N) is 1. The van der Waals surface area contributed by atoms with E-state index in [9.17, 15) is 0 Å². The zero-order chi connectivity index (χ0) is 11.5. The maximum Gasteiger partial charge on any atom is 0.0492 e. The van der Waals surface area contributed by atoms with Crippen molar-refractivity contribution in [1.29, 1.82) is 0 Å². The molecule has 0 aliphatic carbocycles. The van der Waals surface area contributed by atoms with Crippen LogP contribution in [0.4, 0.5) is 0 Å². The molecule has 1 rings (SSSR count). The Balaban J connectivity index is 2.57. The highest BCUT2D eigenvalue weighted by atomic mass is 15.3. The Morgan fingerprint density at radius 3 is 2.67 bits per heavy atom. The summed E-state index contributed by atoms with van der Waals surface area (Å²) in [6, 6.07) is 2.09. The minimum Gasteiger partial charge on any atom is -0.326 e. The summed E-state index contributed by atoms with van der Waals surface area (Å²) < 4.78 is 2.09. The number of hydrogen-bond acceptors (Lipinski definition) is 2. The van der Waals surface area contributed by atoms with Crippen LogP contribution in [-0.4, -0.2) is 15.3 Å². The first-order valence-electron chi connectivity index (χ1n) is 5.68. The quantitative estimate of drug-likeness (QED) is 0.808. The van der Waals surface area contributed by atoms with Gasteiger partial charge in [0, 0.05) is 24.0 Å². The minimum absolute atomic E-state index is 0.0903. The summed E-state index contributed by atoms with van der Waals surface area (Å²) in [5.41, 5.74) is 7.18. The van der Waals surface area contributed by atoms with Crippen molar-refractivity contribution >= 4 is 0 Å². The van der Waals surface area contributed by atoms with Crippen LogP contribution >= 0.6 is 0 Å². The first-order chi connectivity index (χ1) is 6.88. The van der Waals surface area contributed by atoms with Gasteiger partial charge in [0.2, 0.25) is 0 Å². The predicted octanol–water partition coefficient (Wildman–Crippen LogP) is 2.21. The van der Waals surface area contributed by atoms with Gasteiger partial charge < -0.3 is 5.73 Å². The van der Waals surface area contributed by atoms with Crippen LogP contribution in [0.15, 0.2) is 12.3 Å². The molecule has 2 N–H and O–H groups in total. The molecule has 0 unspecified atom stereocenters. The number of rotatable bonds is 5. The van der Waals surface area contributed by atoms with Crippen LogP contribution in [0.1, 0.15) is 39.8 Å². The highest BCUT2D eigenvalue weighted by molar-refractivity contribution is 5.02. The second-order valence-corrected chi connectivity index (χ2v) is 5.39. The van der Waals surface area contributed by atoms with Crippen molar-refractivity contribution in [2.45, 2.75) is 52.6 Å². The highest BCUT2D eigenvalue weighted by Gasteiger charge is 2.12. The van der Waals surface area contributed by atoms with Crippen LogP contribution in [0.5, 0.6) is 0 Å². The second kappa shape index (κ2) is 4.79. The van der Waals surface area contributed by atoms with E-state index in [1.165, 1.54) is 5.69 Å². The first kappa shape index (κ1) is 12.2. The van der Waals surface area contributed by atoms with Crippen LogP contribution in [0.2, 0.25) is 0 Å². The van der Waals surface area contributed by atoms with E-state index in [0.29, 0.717) is 5.92 Å². The Bertz CT molecular complexity index is 294. The van der Waals surface area contributed by atoms with Crippen molar-refractivity contribution < 1.29 is 0 Å². The van der Waals surface area contributed by atoms with E-state index < -0.39 is 0 Å². The molecule has 0 saturated heterocycles. The summed E-state index contributed by atoms with van der Waals surface area (Å²) in [5.74, 6) is 0.634. The Labute approximate surface area is 92.7 Å². The number of aryl methyl sites for hydroxylation is 1. The Morgan fingerprint density at radius 2 is 2.13 bits per heavy atom. The van der Waals surface area contributed by atoms with Crippen molar-refractivity contribution in [2.24, 2.45) is 11.7 Å². The van der Waals surface area contributed by atoms with Gasteiger partial charge in [0.1, 0.15) is 0 Å². The molecular formula is C12H23N3. The van der Waals surface area contributed by atoms with Gasteiger partial charge in [0.15, 0.2) is 0 Å². The fraction of sp³-hybridized carbons (Fsp3) is 0.750. The van der Waals surface area contributed by atoms with Gasteiger partial charge in [-0.15, -0.1) is 0 Å². The molecule has 1 heterocycles. The van der Waals surface area contributed by atoms with E-state index in [0.717, 1.165) is 19.4 Å². The molecule has 86 valence electrons. The third kappa shape index (κ3) is 4.47. The lowest BCUT2D eigenvalue weighted by molar-refractivity contribution is 0.438. The number of nitrogens with zero attached hydrogens (tertiary/aromatic N) is 2. The molecule has 0 spiro atoms. The molecule has 3 nitrogen and oxygen atoms in total. The average molecular weight is 209 g/mol. The lowest BCUT2D eigenvalue weighted by atomic mass is 9.99. The van der Waals surface area contributed by atoms with Crippen LogP contribution < -0.4 is 5.73 Å². The van der Waals surface area contributed by atoms with E-state index in [1.54, 1.807) is 0 Å². The molecule has 1 aromatic heterocycles. The molecule has 0 fully saturated rings. The number of hydrogen-bond donors (Lipinski definition) is 1. The van der Waals surface area contributed by atoms with Gasteiger partial charge in [-0.2, -0.15) is 5.10 Å². The fourth-order valence-corrected chi connectivity index (χ4v) is 1.53. The van der Waals surface area contributed by atoms with Gasteiger partial charge in [0.05, 0.1) is 0 Å². The van der Waals surface area contributed by atoms with Gasteiger partial charge in [-0.05, 0) is 38.7 Å². The van der Waals surface area contributed by atoms with Crippen molar-refractivity contribution in [3.05, 3.63) is 18.0 Å². The Morgan fingerprint density at radius 1 is 1.47 bits per heavy atom. The van der Waals surface area contributed by atoms with Gasteiger partial charge in [-0.3, -0.25) is 4.68 Å². The largest absolute Gasteiger partial charge is 0.326 e. The van der Waals surface area contributed by atoms with Crippen LogP contribution in [0, 0.1) is 5.92 Å². The average Bonchev–Trinajstić information content (AvgIpc) is 2.46. The van der Waals surface area contributed by atoms with Gasteiger partial charge in [-0.1, -0.05) is 13.8 Å². The molecule has 0 radical (unpaired) electrons. The van der Waals surface area contributed by atoms with Crippen molar-refractivity contribution in [2.75, 3.05) is 0 Å². The van der Waals surface area contributed by atoms with E-state index in [2.05, 4.69) is 43.5 Å². The summed E-state index contributed by atoms with van der Waals surface area (Å²) in [6.45, 7) is 9.54. The Hall–Kier alpha value is -0.830. The first-order valence-corrected chi connectivity index (χ1v) is 5.68. The van der Waals surface area contributed by atoms with Gasteiger partial charge in [0.25, 0.3) is 0 Å². The smallest absolute Gasteiger partial charge is 0.0492 e. The third-order valence-electron chi connectivity index (χ3n) is 2.37. The molecule has 0 amide bonds. The van der Waals surface area contributed by atoms with Gasteiger partial charge in [-0.25, -0.2) is 0 Å². The Kier molecular flexibility index (Phi) is 3.91. The third-order valence-corrected chi connectivity index (χ3v) is 2.37. The maximum absolute atomic E-state index is 5.97. The topological polar surface area (TPSA) is 43.8 Å². The molecule has 0 atom stereocenters. The fourth-order valence-electron chi connectivity index (χ4n) is 1.53. The van der Waals surface area contributed by atoms with Gasteiger partial charge >= 0.3 is 0 Å². The summed E-state index contributed by atoms with van der Waals surface area (Å²) in [5, 5.41) is 4.33. The van der Waals surface area contributed by atoms with E-state index in [-0.39, 0.29) is 5.54 Å². The predicted molar refractivity (Wildman–Crippen MR) is 63.7 cm³/mol. The van der Waals surface area contributed by atoms with E-state index >= 15 is 0 Å². The summed E-state index contributed by atoms with van der Waals surface area (Å²) in [4.78, 5) is 0. The maximum atomic E-state index is 5.97. The molecule has 0 aliphatic rings. The van der Waals surface area contributed by atoms with Crippen molar-refractivity contribution in [3.8, 4) is 0 Å². The lowest BCUT2D eigenvalue weighted by Crippen LogP contribution is -2.32. The standard InChI is InChI=1S/C12H23N3/c1-10(2)9-15-11(6-8-14-15)5-7-12(3,4)13/h6,8,10H,5,7,9,13H2,1-4H3. The highest BCUT2D eigenvalue weighted by Crippen LogP contribution is 2.11. The molecule has 0 aliphatic heterocycles. The molecule has 0 saturated carbocycles. The van der Waals surface area contributed by atoms with Crippen molar-refractivity contribution in [3.63, 3.8) is 0 Å². The second-order valence-electron chi connectivity index (χ2n) is 5.39. The molecule has 1 aromatic rings. The van der Waals surface area contributed by atoms with E-state index in [1.807, 2.05) is 6.20 Å².